The predicted molar refractivity (Wildman–Crippen MR) is 75.2 cm³/mol. The van der Waals surface area contributed by atoms with E-state index in [0.29, 0.717) is 5.92 Å². The normalized spacial score (nSPS) is 19.4. The molecule has 0 saturated carbocycles. The lowest BCUT2D eigenvalue weighted by atomic mass is 9.94. The largest absolute Gasteiger partial charge is 0.416 e. The molecular weight excluding hydrogens is 265 g/mol. The molecule has 0 spiro atoms. The maximum absolute atomic E-state index is 12.9. The molecule has 0 bridgehead atoms. The number of hydrogen-bond acceptors (Lipinski definition) is 2. The molecule has 1 N–H and O–H groups in total. The Kier molecular flexibility index (Phi) is 4.58. The molecule has 1 unspecified atom stereocenters. The molecule has 0 aromatic heterocycles. The van der Waals surface area contributed by atoms with Gasteiger partial charge in [-0.1, -0.05) is 13.0 Å². The van der Waals surface area contributed by atoms with Gasteiger partial charge in [0.15, 0.2) is 0 Å². The molecule has 5 heteroatoms. The van der Waals surface area contributed by atoms with Gasteiger partial charge >= 0.3 is 6.18 Å². The first-order valence-corrected chi connectivity index (χ1v) is 7.06. The average Bonchev–Trinajstić information content (AvgIpc) is 2.91. The summed E-state index contributed by atoms with van der Waals surface area (Å²) in [5.74, 6) is 0.312. The minimum atomic E-state index is -4.28. The van der Waals surface area contributed by atoms with Crippen LogP contribution < -0.4 is 10.2 Å². The SMILES string of the molecule is CCCN(C)c1cc(C(F)(F)F)ccc1C1CCNC1. The van der Waals surface area contributed by atoms with Crippen molar-refractivity contribution in [3.05, 3.63) is 29.3 Å². The van der Waals surface area contributed by atoms with Crippen molar-refractivity contribution in [2.24, 2.45) is 0 Å². The van der Waals surface area contributed by atoms with Gasteiger partial charge in [-0.3, -0.25) is 0 Å². The van der Waals surface area contributed by atoms with Gasteiger partial charge in [0.05, 0.1) is 5.56 Å². The number of rotatable bonds is 4. The van der Waals surface area contributed by atoms with Gasteiger partial charge in [0.25, 0.3) is 0 Å². The Morgan fingerprint density at radius 1 is 1.35 bits per heavy atom. The zero-order chi connectivity index (χ0) is 14.8. The number of benzene rings is 1. The van der Waals surface area contributed by atoms with Crippen LogP contribution in [0.4, 0.5) is 18.9 Å². The van der Waals surface area contributed by atoms with Gasteiger partial charge in [-0.05, 0) is 43.0 Å². The summed E-state index contributed by atoms with van der Waals surface area (Å²) in [4.78, 5) is 1.93. The summed E-state index contributed by atoms with van der Waals surface area (Å²) in [5.41, 5.74) is 1.18. The molecule has 20 heavy (non-hydrogen) atoms. The number of hydrogen-bond donors (Lipinski definition) is 1. The minimum absolute atomic E-state index is 0.312. The van der Waals surface area contributed by atoms with Crippen LogP contribution in [-0.2, 0) is 6.18 Å². The maximum atomic E-state index is 12.9. The zero-order valence-electron chi connectivity index (χ0n) is 11.9. The maximum Gasteiger partial charge on any atom is 0.416 e. The first-order chi connectivity index (χ1) is 9.43. The first-order valence-electron chi connectivity index (χ1n) is 7.06. The molecule has 0 amide bonds. The summed E-state index contributed by atoms with van der Waals surface area (Å²) in [6, 6.07) is 4.15. The van der Waals surface area contributed by atoms with Crippen LogP contribution in [0.1, 0.15) is 36.8 Å². The Morgan fingerprint density at radius 3 is 2.65 bits per heavy atom. The van der Waals surface area contributed by atoms with Crippen LogP contribution in [0.5, 0.6) is 0 Å². The molecule has 1 atom stereocenters. The highest BCUT2D eigenvalue weighted by Crippen LogP contribution is 2.37. The van der Waals surface area contributed by atoms with E-state index in [0.717, 1.165) is 43.7 Å². The first kappa shape index (κ1) is 15.2. The van der Waals surface area contributed by atoms with E-state index in [9.17, 15) is 13.2 Å². The molecule has 0 radical (unpaired) electrons. The van der Waals surface area contributed by atoms with Crippen LogP contribution >= 0.6 is 0 Å². The van der Waals surface area contributed by atoms with Crippen LogP contribution in [0, 0.1) is 0 Å². The molecule has 112 valence electrons. The highest BCUT2D eigenvalue weighted by Gasteiger charge is 2.32. The lowest BCUT2D eigenvalue weighted by Crippen LogP contribution is -2.21. The smallest absolute Gasteiger partial charge is 0.374 e. The van der Waals surface area contributed by atoms with Crippen molar-refractivity contribution in [1.29, 1.82) is 0 Å². The van der Waals surface area contributed by atoms with Crippen LogP contribution in [0.3, 0.4) is 0 Å². The van der Waals surface area contributed by atoms with Crippen molar-refractivity contribution in [3.8, 4) is 0 Å². The highest BCUT2D eigenvalue weighted by atomic mass is 19.4. The van der Waals surface area contributed by atoms with Gasteiger partial charge < -0.3 is 10.2 Å². The van der Waals surface area contributed by atoms with Crippen molar-refractivity contribution in [1.82, 2.24) is 5.32 Å². The van der Waals surface area contributed by atoms with Gasteiger partial charge in [0.2, 0.25) is 0 Å². The fraction of sp³-hybridized carbons (Fsp3) is 0.600. The molecule has 1 heterocycles. The summed E-state index contributed by atoms with van der Waals surface area (Å²) in [6.45, 7) is 4.57. The molecule has 1 saturated heterocycles. The van der Waals surface area contributed by atoms with Crippen molar-refractivity contribution >= 4 is 5.69 Å². The topological polar surface area (TPSA) is 15.3 Å². The van der Waals surface area contributed by atoms with E-state index in [1.807, 2.05) is 18.9 Å². The number of alkyl halides is 3. The van der Waals surface area contributed by atoms with E-state index in [2.05, 4.69) is 5.32 Å². The fourth-order valence-electron chi connectivity index (χ4n) is 2.77. The quantitative estimate of drug-likeness (QED) is 0.909. The second-order valence-corrected chi connectivity index (χ2v) is 5.38. The molecule has 1 aromatic rings. The summed E-state index contributed by atoms with van der Waals surface area (Å²) in [7, 11) is 1.87. The molecule has 1 fully saturated rings. The lowest BCUT2D eigenvalue weighted by Gasteiger charge is -2.25. The predicted octanol–water partition coefficient (Wildman–Crippen LogP) is 3.63. The third-order valence-electron chi connectivity index (χ3n) is 3.83. The third-order valence-corrected chi connectivity index (χ3v) is 3.83. The van der Waals surface area contributed by atoms with Crippen LogP contribution in [0.15, 0.2) is 18.2 Å². The van der Waals surface area contributed by atoms with E-state index in [1.54, 1.807) is 6.07 Å². The Morgan fingerprint density at radius 2 is 2.10 bits per heavy atom. The van der Waals surface area contributed by atoms with Crippen LogP contribution in [0.25, 0.3) is 0 Å². The fourth-order valence-corrected chi connectivity index (χ4v) is 2.77. The number of halogens is 3. The summed E-state index contributed by atoms with van der Waals surface area (Å²) < 4.78 is 38.7. The molecule has 1 aliphatic rings. The van der Waals surface area contributed by atoms with Crippen LogP contribution in [0.2, 0.25) is 0 Å². The van der Waals surface area contributed by atoms with Crippen molar-refractivity contribution in [2.45, 2.75) is 31.9 Å². The van der Waals surface area contributed by atoms with Gasteiger partial charge in [-0.2, -0.15) is 13.2 Å². The van der Waals surface area contributed by atoms with Gasteiger partial charge in [0.1, 0.15) is 0 Å². The standard InChI is InChI=1S/C15H21F3N2/c1-3-8-20(2)14-9-12(15(16,17)18)4-5-13(14)11-6-7-19-10-11/h4-5,9,11,19H,3,6-8,10H2,1-2H3. The summed E-state index contributed by atoms with van der Waals surface area (Å²) >= 11 is 0. The Balaban J connectivity index is 2.39. The van der Waals surface area contributed by atoms with Crippen molar-refractivity contribution < 1.29 is 13.2 Å². The van der Waals surface area contributed by atoms with E-state index in [4.69, 9.17) is 0 Å². The monoisotopic (exact) mass is 286 g/mol. The second kappa shape index (κ2) is 6.04. The van der Waals surface area contributed by atoms with E-state index in [-0.39, 0.29) is 0 Å². The van der Waals surface area contributed by atoms with Crippen LogP contribution in [-0.4, -0.2) is 26.7 Å². The number of nitrogens with one attached hydrogen (secondary N) is 1. The molecule has 0 aliphatic carbocycles. The Hall–Kier alpha value is -1.23. The third kappa shape index (κ3) is 3.26. The Bertz CT molecular complexity index is 451. The molecule has 1 aromatic carbocycles. The molecule has 2 rings (SSSR count). The molecule has 2 nitrogen and oxygen atoms in total. The van der Waals surface area contributed by atoms with E-state index in [1.165, 1.54) is 12.1 Å². The lowest BCUT2D eigenvalue weighted by molar-refractivity contribution is -0.137. The number of nitrogens with zero attached hydrogens (tertiary/aromatic N) is 1. The molecule has 1 aliphatic heterocycles. The van der Waals surface area contributed by atoms with E-state index >= 15 is 0 Å². The average molecular weight is 286 g/mol. The highest BCUT2D eigenvalue weighted by molar-refractivity contribution is 5.57. The summed E-state index contributed by atoms with van der Waals surface area (Å²) in [5, 5.41) is 3.27. The van der Waals surface area contributed by atoms with Crippen molar-refractivity contribution in [3.63, 3.8) is 0 Å². The Labute approximate surface area is 118 Å². The zero-order valence-corrected chi connectivity index (χ0v) is 11.9. The van der Waals surface area contributed by atoms with E-state index < -0.39 is 11.7 Å². The van der Waals surface area contributed by atoms with Gasteiger partial charge in [0, 0.05) is 25.8 Å². The second-order valence-electron chi connectivity index (χ2n) is 5.38. The molecular formula is C15H21F3N2. The summed E-state index contributed by atoms with van der Waals surface area (Å²) in [6.07, 6.45) is -2.39. The van der Waals surface area contributed by atoms with Gasteiger partial charge in [-0.25, -0.2) is 0 Å². The van der Waals surface area contributed by atoms with Gasteiger partial charge in [-0.15, -0.1) is 0 Å². The number of anilines is 1. The van der Waals surface area contributed by atoms with Crippen molar-refractivity contribution in [2.75, 3.05) is 31.6 Å². The minimum Gasteiger partial charge on any atom is -0.374 e.